The van der Waals surface area contributed by atoms with E-state index in [1.165, 1.54) is 0 Å². The number of hydrogen-bond donors (Lipinski definition) is 2. The highest BCUT2D eigenvalue weighted by atomic mass is 35.5. The molecule has 0 atom stereocenters. The first-order valence-corrected chi connectivity index (χ1v) is 6.63. The van der Waals surface area contributed by atoms with Crippen LogP contribution in [0, 0.1) is 18.3 Å². The van der Waals surface area contributed by atoms with Gasteiger partial charge in [0.25, 0.3) is 0 Å². The number of nitrogens with one attached hydrogen (secondary N) is 1. The molecule has 0 fully saturated rings. The van der Waals surface area contributed by atoms with Gasteiger partial charge in [-0.2, -0.15) is 10.4 Å². The number of nitrogens with two attached hydrogens (primary N) is 1. The summed E-state index contributed by atoms with van der Waals surface area (Å²) in [6.07, 6.45) is 0. The summed E-state index contributed by atoms with van der Waals surface area (Å²) < 4.78 is 1.80. The molecule has 20 heavy (non-hydrogen) atoms. The van der Waals surface area contributed by atoms with Crippen molar-refractivity contribution < 1.29 is 0 Å². The first-order valence-electron chi connectivity index (χ1n) is 6.25. The molecular weight excluding hydrogens is 274 g/mol. The second-order valence-corrected chi connectivity index (χ2v) is 5.25. The fourth-order valence-corrected chi connectivity index (χ4v) is 2.08. The number of rotatable bonds is 3. The lowest BCUT2D eigenvalue weighted by molar-refractivity contribution is 0.536. The molecule has 0 spiro atoms. The first kappa shape index (κ1) is 14.2. The summed E-state index contributed by atoms with van der Waals surface area (Å²) >= 11 is 5.98. The molecular formula is C14H16ClN5. The summed E-state index contributed by atoms with van der Waals surface area (Å²) in [5, 5.41) is 17.3. The smallest absolute Gasteiger partial charge is 0.152 e. The highest BCUT2D eigenvalue weighted by Crippen LogP contribution is 2.31. The van der Waals surface area contributed by atoms with Gasteiger partial charge in [-0.1, -0.05) is 11.6 Å². The average Bonchev–Trinajstić information content (AvgIpc) is 2.67. The van der Waals surface area contributed by atoms with Crippen molar-refractivity contribution in [1.82, 2.24) is 9.78 Å². The van der Waals surface area contributed by atoms with Crippen LogP contribution >= 0.6 is 11.6 Å². The second kappa shape index (κ2) is 5.43. The molecule has 0 aliphatic carbocycles. The summed E-state index contributed by atoms with van der Waals surface area (Å²) in [4.78, 5) is 0. The van der Waals surface area contributed by atoms with Crippen LogP contribution in [0.2, 0.25) is 5.02 Å². The van der Waals surface area contributed by atoms with E-state index in [4.69, 9.17) is 22.6 Å². The largest absolute Gasteiger partial charge is 0.394 e. The highest BCUT2D eigenvalue weighted by Gasteiger charge is 2.16. The maximum Gasteiger partial charge on any atom is 0.152 e. The molecule has 1 aromatic carbocycles. The number of aromatic nitrogens is 2. The Morgan fingerprint density at radius 3 is 2.75 bits per heavy atom. The van der Waals surface area contributed by atoms with Crippen LogP contribution in [-0.2, 0) is 0 Å². The molecule has 0 aliphatic heterocycles. The van der Waals surface area contributed by atoms with E-state index in [0.717, 1.165) is 5.69 Å². The van der Waals surface area contributed by atoms with Crippen molar-refractivity contribution in [2.24, 2.45) is 0 Å². The number of anilines is 3. The number of nitrogen functional groups attached to an aromatic ring is 1. The van der Waals surface area contributed by atoms with Crippen LogP contribution in [-0.4, -0.2) is 9.78 Å². The van der Waals surface area contributed by atoms with Crippen LogP contribution < -0.4 is 11.1 Å². The molecule has 2 rings (SSSR count). The predicted molar refractivity (Wildman–Crippen MR) is 81.2 cm³/mol. The van der Waals surface area contributed by atoms with Crippen molar-refractivity contribution in [1.29, 1.82) is 5.26 Å². The van der Waals surface area contributed by atoms with Gasteiger partial charge in [0.2, 0.25) is 0 Å². The topological polar surface area (TPSA) is 79.7 Å². The maximum atomic E-state index is 9.15. The number of hydrogen-bond acceptors (Lipinski definition) is 4. The minimum Gasteiger partial charge on any atom is -0.394 e. The van der Waals surface area contributed by atoms with E-state index < -0.39 is 0 Å². The van der Waals surface area contributed by atoms with Crippen LogP contribution in [0.25, 0.3) is 0 Å². The van der Waals surface area contributed by atoms with Crippen molar-refractivity contribution in [3.8, 4) is 6.07 Å². The molecule has 0 aliphatic rings. The molecule has 0 amide bonds. The van der Waals surface area contributed by atoms with E-state index in [2.05, 4.69) is 16.5 Å². The first-order chi connectivity index (χ1) is 9.43. The van der Waals surface area contributed by atoms with Gasteiger partial charge in [-0.25, -0.2) is 4.68 Å². The van der Waals surface area contributed by atoms with Gasteiger partial charge in [-0.05, 0) is 39.0 Å². The zero-order chi connectivity index (χ0) is 14.9. The average molecular weight is 290 g/mol. The molecule has 3 N–H and O–H groups in total. The number of nitriles is 1. The summed E-state index contributed by atoms with van der Waals surface area (Å²) in [7, 11) is 0. The van der Waals surface area contributed by atoms with E-state index in [-0.39, 0.29) is 6.04 Å². The van der Waals surface area contributed by atoms with Gasteiger partial charge >= 0.3 is 0 Å². The Morgan fingerprint density at radius 1 is 1.45 bits per heavy atom. The lowest BCUT2D eigenvalue weighted by atomic mass is 10.2. The van der Waals surface area contributed by atoms with E-state index in [9.17, 15) is 0 Å². The van der Waals surface area contributed by atoms with E-state index in [1.807, 2.05) is 20.8 Å². The van der Waals surface area contributed by atoms with E-state index in [1.54, 1.807) is 22.9 Å². The van der Waals surface area contributed by atoms with Crippen molar-refractivity contribution in [3.05, 3.63) is 34.5 Å². The molecule has 0 bridgehead atoms. The van der Waals surface area contributed by atoms with Crippen molar-refractivity contribution in [2.45, 2.75) is 26.8 Å². The quantitative estimate of drug-likeness (QED) is 0.904. The fourth-order valence-electron chi connectivity index (χ4n) is 1.90. The molecule has 5 nitrogen and oxygen atoms in total. The van der Waals surface area contributed by atoms with Crippen LogP contribution in [0.15, 0.2) is 18.2 Å². The van der Waals surface area contributed by atoms with Gasteiger partial charge in [0, 0.05) is 11.1 Å². The Hall–Kier alpha value is -2.19. The zero-order valence-electron chi connectivity index (χ0n) is 11.6. The van der Waals surface area contributed by atoms with Gasteiger partial charge in [0.1, 0.15) is 6.07 Å². The van der Waals surface area contributed by atoms with Gasteiger partial charge in [-0.3, -0.25) is 0 Å². The van der Waals surface area contributed by atoms with Gasteiger partial charge in [-0.15, -0.1) is 0 Å². The minimum atomic E-state index is 0.151. The van der Waals surface area contributed by atoms with Crippen molar-refractivity contribution in [2.75, 3.05) is 11.1 Å². The molecule has 0 saturated carbocycles. The van der Waals surface area contributed by atoms with Crippen molar-refractivity contribution >= 4 is 28.8 Å². The van der Waals surface area contributed by atoms with E-state index >= 15 is 0 Å². The Balaban J connectivity index is 2.50. The number of nitrogens with zero attached hydrogens (tertiary/aromatic N) is 3. The standard InChI is InChI=1S/C14H16ClN5/c1-8(2)20-14(13(17)9(3)19-20)18-12-6-11(15)5-4-10(12)7-16/h4-6,8,18H,17H2,1-3H3. The Labute approximate surface area is 123 Å². The third kappa shape index (κ3) is 2.56. The van der Waals surface area contributed by atoms with Crippen LogP contribution in [0.3, 0.4) is 0 Å². The minimum absolute atomic E-state index is 0.151. The fraction of sp³-hybridized carbons (Fsp3) is 0.286. The Bertz CT molecular complexity index is 682. The molecule has 1 aromatic heterocycles. The second-order valence-electron chi connectivity index (χ2n) is 4.81. The van der Waals surface area contributed by atoms with E-state index in [0.29, 0.717) is 27.8 Å². The monoisotopic (exact) mass is 289 g/mol. The highest BCUT2D eigenvalue weighted by molar-refractivity contribution is 6.30. The third-order valence-corrected chi connectivity index (χ3v) is 3.21. The number of benzene rings is 1. The van der Waals surface area contributed by atoms with Crippen LogP contribution in [0.5, 0.6) is 0 Å². The summed E-state index contributed by atoms with van der Waals surface area (Å²) in [6, 6.07) is 7.33. The molecule has 104 valence electrons. The summed E-state index contributed by atoms with van der Waals surface area (Å²) in [5.41, 5.74) is 8.50. The lowest BCUT2D eigenvalue weighted by Crippen LogP contribution is -2.08. The van der Waals surface area contributed by atoms with Gasteiger partial charge in [0.15, 0.2) is 5.82 Å². The molecule has 0 unspecified atom stereocenters. The molecule has 6 heteroatoms. The summed E-state index contributed by atoms with van der Waals surface area (Å²) in [6.45, 7) is 5.88. The SMILES string of the molecule is Cc1nn(C(C)C)c(Nc2cc(Cl)ccc2C#N)c1N. The number of aryl methyl sites for hydroxylation is 1. The Morgan fingerprint density at radius 2 is 2.15 bits per heavy atom. The number of halogens is 1. The normalized spacial score (nSPS) is 10.6. The van der Waals surface area contributed by atoms with Gasteiger partial charge in [0.05, 0.1) is 22.6 Å². The molecule has 0 saturated heterocycles. The predicted octanol–water partition coefficient (Wildman–Crippen LogP) is 3.62. The lowest BCUT2D eigenvalue weighted by Gasteiger charge is -2.14. The summed E-state index contributed by atoms with van der Waals surface area (Å²) in [5.74, 6) is 0.677. The third-order valence-electron chi connectivity index (χ3n) is 2.98. The molecule has 0 radical (unpaired) electrons. The van der Waals surface area contributed by atoms with Gasteiger partial charge < -0.3 is 11.1 Å². The van der Waals surface area contributed by atoms with Crippen LogP contribution in [0.4, 0.5) is 17.2 Å². The molecule has 1 heterocycles. The maximum absolute atomic E-state index is 9.15. The van der Waals surface area contributed by atoms with Crippen molar-refractivity contribution in [3.63, 3.8) is 0 Å². The molecule has 2 aromatic rings. The Kier molecular flexibility index (Phi) is 3.86. The zero-order valence-corrected chi connectivity index (χ0v) is 12.4. The van der Waals surface area contributed by atoms with Crippen LogP contribution in [0.1, 0.15) is 31.1 Å².